The number of ether oxygens (including phenoxy) is 2. The molecule has 0 aromatic heterocycles. The van der Waals surface area contributed by atoms with Crippen molar-refractivity contribution in [2.75, 3.05) is 19.8 Å². The quantitative estimate of drug-likeness (QED) is 0.871. The smallest absolute Gasteiger partial charge is 0.122 e. The van der Waals surface area contributed by atoms with Gasteiger partial charge < -0.3 is 14.6 Å². The van der Waals surface area contributed by atoms with Crippen molar-refractivity contribution in [1.29, 1.82) is 0 Å². The van der Waals surface area contributed by atoms with Gasteiger partial charge in [0.25, 0.3) is 0 Å². The Kier molecular flexibility index (Phi) is 8.77. The van der Waals surface area contributed by atoms with Crippen molar-refractivity contribution in [1.82, 2.24) is 0 Å². The van der Waals surface area contributed by atoms with Gasteiger partial charge in [0.1, 0.15) is 18.1 Å². The number of rotatable bonds is 6. The topological polar surface area (TPSA) is 38.7 Å². The number of hydrogen-bond acceptors (Lipinski definition) is 3. The van der Waals surface area contributed by atoms with Gasteiger partial charge in [0.05, 0.1) is 13.2 Å². The molecule has 2 aromatic carbocycles. The van der Waals surface area contributed by atoms with E-state index in [-0.39, 0.29) is 6.61 Å². The first kappa shape index (κ1) is 18.1. The Bertz CT molecular complexity index is 488. The predicted octanol–water partition coefficient (Wildman–Crippen LogP) is 4.15. The van der Waals surface area contributed by atoms with E-state index in [2.05, 4.69) is 19.9 Å². The summed E-state index contributed by atoms with van der Waals surface area (Å²) in [7, 11) is 0. The molecule has 1 N–H and O–H groups in total. The third-order valence-corrected chi connectivity index (χ3v) is 3.00. The lowest BCUT2D eigenvalue weighted by Gasteiger charge is -2.06. The van der Waals surface area contributed by atoms with E-state index in [0.717, 1.165) is 30.1 Å². The molecule has 0 radical (unpaired) electrons. The fourth-order valence-electron chi connectivity index (χ4n) is 1.80. The van der Waals surface area contributed by atoms with Crippen LogP contribution in [0.2, 0.25) is 0 Å². The molecule has 3 heteroatoms. The van der Waals surface area contributed by atoms with Crippen LogP contribution in [-0.4, -0.2) is 24.9 Å². The Morgan fingerprint density at radius 3 is 1.64 bits per heavy atom. The maximum Gasteiger partial charge on any atom is 0.122 e. The Morgan fingerprint density at radius 2 is 1.23 bits per heavy atom. The third-order valence-electron chi connectivity index (χ3n) is 3.00. The van der Waals surface area contributed by atoms with Gasteiger partial charge in [-0.25, -0.2) is 0 Å². The molecule has 2 aromatic rings. The lowest BCUT2D eigenvalue weighted by Crippen LogP contribution is -2.02. The molecular formula is C19H26O3. The van der Waals surface area contributed by atoms with Gasteiger partial charge in [0.2, 0.25) is 0 Å². The van der Waals surface area contributed by atoms with Gasteiger partial charge >= 0.3 is 0 Å². The van der Waals surface area contributed by atoms with Gasteiger partial charge in [-0.1, -0.05) is 43.3 Å². The molecule has 0 aliphatic rings. The van der Waals surface area contributed by atoms with E-state index in [1.165, 1.54) is 5.56 Å². The van der Waals surface area contributed by atoms with Crippen LogP contribution in [0.5, 0.6) is 11.5 Å². The largest absolute Gasteiger partial charge is 0.493 e. The summed E-state index contributed by atoms with van der Waals surface area (Å²) in [5.41, 5.74) is 2.31. The zero-order valence-electron chi connectivity index (χ0n) is 13.7. The summed E-state index contributed by atoms with van der Waals surface area (Å²) in [5.74, 6) is 1.86. The van der Waals surface area contributed by atoms with Crippen LogP contribution in [0.3, 0.4) is 0 Å². The first-order valence-electron chi connectivity index (χ1n) is 7.66. The van der Waals surface area contributed by atoms with Gasteiger partial charge in [0.15, 0.2) is 0 Å². The summed E-state index contributed by atoms with van der Waals surface area (Å²) in [4.78, 5) is 0. The van der Waals surface area contributed by atoms with E-state index >= 15 is 0 Å². The average Bonchev–Trinajstić information content (AvgIpc) is 2.54. The number of hydrogen-bond donors (Lipinski definition) is 1. The molecule has 120 valence electrons. The van der Waals surface area contributed by atoms with Crippen molar-refractivity contribution in [3.63, 3.8) is 0 Å². The fraction of sp³-hybridized carbons (Fsp3) is 0.368. The van der Waals surface area contributed by atoms with Crippen LogP contribution in [0.1, 0.15) is 24.5 Å². The van der Waals surface area contributed by atoms with E-state index in [4.69, 9.17) is 14.6 Å². The van der Waals surface area contributed by atoms with E-state index < -0.39 is 0 Å². The number of aliphatic hydroxyl groups is 1. The monoisotopic (exact) mass is 302 g/mol. The summed E-state index contributed by atoms with van der Waals surface area (Å²) in [6.07, 6.45) is 1.06. The minimum atomic E-state index is 0.0638. The Labute approximate surface area is 133 Å². The van der Waals surface area contributed by atoms with Crippen molar-refractivity contribution in [2.24, 2.45) is 0 Å². The highest BCUT2D eigenvalue weighted by atomic mass is 16.5. The molecule has 0 spiro atoms. The van der Waals surface area contributed by atoms with Crippen LogP contribution < -0.4 is 9.47 Å². The summed E-state index contributed by atoms with van der Waals surface area (Å²) >= 11 is 0. The molecule has 0 bridgehead atoms. The molecule has 0 aliphatic carbocycles. The van der Waals surface area contributed by atoms with Crippen LogP contribution in [-0.2, 0) is 0 Å². The van der Waals surface area contributed by atoms with Gasteiger partial charge in [-0.05, 0) is 43.5 Å². The van der Waals surface area contributed by atoms with Crippen molar-refractivity contribution < 1.29 is 14.6 Å². The number of aryl methyl sites for hydroxylation is 2. The second-order valence-corrected chi connectivity index (χ2v) is 4.95. The molecule has 2 rings (SSSR count). The van der Waals surface area contributed by atoms with Crippen molar-refractivity contribution in [3.05, 3.63) is 59.7 Å². The summed E-state index contributed by atoms with van der Waals surface area (Å²) in [5, 5.41) is 8.49. The molecule has 0 fully saturated rings. The standard InChI is InChI=1S/C10H14O.C9H12O2/c1-3-8-11-10-7-5-4-6-9(10)2;1-8-4-2-3-5-9(8)11-7-6-10/h4-7H,3,8H2,1-2H3;2-5,10H,6-7H2,1H3. The molecule has 0 aliphatic heterocycles. The molecule has 0 saturated heterocycles. The lowest BCUT2D eigenvalue weighted by atomic mass is 10.2. The molecule has 0 unspecified atom stereocenters. The molecule has 3 nitrogen and oxygen atoms in total. The Morgan fingerprint density at radius 1 is 0.773 bits per heavy atom. The zero-order valence-corrected chi connectivity index (χ0v) is 13.7. The third kappa shape index (κ3) is 6.64. The van der Waals surface area contributed by atoms with Crippen LogP contribution in [0.15, 0.2) is 48.5 Å². The number of benzene rings is 2. The van der Waals surface area contributed by atoms with Gasteiger partial charge in [-0.2, -0.15) is 0 Å². The SMILES string of the molecule is CCCOc1ccccc1C.Cc1ccccc1OCCO. The van der Waals surface area contributed by atoms with Crippen LogP contribution in [0.25, 0.3) is 0 Å². The highest BCUT2D eigenvalue weighted by Gasteiger charge is 1.95. The van der Waals surface area contributed by atoms with E-state index in [1.54, 1.807) is 0 Å². The zero-order chi connectivity index (χ0) is 16.2. The Balaban J connectivity index is 0.000000220. The summed E-state index contributed by atoms with van der Waals surface area (Å²) in [6, 6.07) is 15.8. The van der Waals surface area contributed by atoms with Crippen LogP contribution in [0, 0.1) is 13.8 Å². The maximum absolute atomic E-state index is 8.49. The predicted molar refractivity (Wildman–Crippen MR) is 90.7 cm³/mol. The van der Waals surface area contributed by atoms with Crippen LogP contribution >= 0.6 is 0 Å². The van der Waals surface area contributed by atoms with Crippen molar-refractivity contribution in [2.45, 2.75) is 27.2 Å². The number of aliphatic hydroxyl groups excluding tert-OH is 1. The minimum Gasteiger partial charge on any atom is -0.493 e. The lowest BCUT2D eigenvalue weighted by molar-refractivity contribution is 0.200. The van der Waals surface area contributed by atoms with E-state index in [1.807, 2.05) is 49.4 Å². The summed E-state index contributed by atoms with van der Waals surface area (Å²) < 4.78 is 10.7. The molecule has 0 heterocycles. The minimum absolute atomic E-state index is 0.0638. The highest BCUT2D eigenvalue weighted by Crippen LogP contribution is 2.16. The van der Waals surface area contributed by atoms with E-state index in [9.17, 15) is 0 Å². The fourth-order valence-corrected chi connectivity index (χ4v) is 1.80. The normalized spacial score (nSPS) is 9.64. The molecule has 0 atom stereocenters. The van der Waals surface area contributed by atoms with Crippen LogP contribution in [0.4, 0.5) is 0 Å². The first-order valence-corrected chi connectivity index (χ1v) is 7.66. The van der Waals surface area contributed by atoms with Gasteiger partial charge in [-0.3, -0.25) is 0 Å². The summed E-state index contributed by atoms with van der Waals surface area (Å²) in [6.45, 7) is 7.39. The van der Waals surface area contributed by atoms with E-state index in [0.29, 0.717) is 6.61 Å². The molecule has 0 saturated carbocycles. The average molecular weight is 302 g/mol. The number of para-hydroxylation sites is 2. The second-order valence-electron chi connectivity index (χ2n) is 4.95. The first-order chi connectivity index (χ1) is 10.7. The molecular weight excluding hydrogens is 276 g/mol. The maximum atomic E-state index is 8.49. The molecule has 22 heavy (non-hydrogen) atoms. The van der Waals surface area contributed by atoms with Gasteiger partial charge in [0, 0.05) is 0 Å². The second kappa shape index (κ2) is 10.7. The van der Waals surface area contributed by atoms with Crippen molar-refractivity contribution in [3.8, 4) is 11.5 Å². The molecule has 0 amide bonds. The van der Waals surface area contributed by atoms with Crippen molar-refractivity contribution >= 4 is 0 Å². The van der Waals surface area contributed by atoms with Gasteiger partial charge in [-0.15, -0.1) is 0 Å². The highest BCUT2D eigenvalue weighted by molar-refractivity contribution is 5.32. The Hall–Kier alpha value is -2.00.